The maximum absolute atomic E-state index is 2.96. The standard InChI is InChI=1S/C57H44N2Si/c1-57(2)50-30-15-12-27-45(50)48-35-36-53-55(56(48)57)49-29-14-17-32-52(49)59(53)40-21-18-26-43(37-40)60(41-22-8-4-9-23-41,42-24-10-5-11-25-42)44-33-34-47-46-28-13-16-31-51(46)58(54(47)38-44)39-19-6-3-7-20-39/h3-19,21-39H,20H2,1-2H3. The molecule has 286 valence electrons. The topological polar surface area (TPSA) is 9.86 Å². The molecule has 0 saturated carbocycles. The summed E-state index contributed by atoms with van der Waals surface area (Å²) in [6.07, 6.45) is 10.0. The van der Waals surface area contributed by atoms with Gasteiger partial charge in [0.05, 0.1) is 17.1 Å². The molecule has 2 heterocycles. The predicted molar refractivity (Wildman–Crippen MR) is 257 cm³/mol. The molecule has 0 spiro atoms. The van der Waals surface area contributed by atoms with Crippen LogP contribution in [0.15, 0.2) is 212 Å². The maximum atomic E-state index is 2.59. The predicted octanol–water partition coefficient (Wildman–Crippen LogP) is 11.6. The van der Waals surface area contributed by atoms with Crippen molar-refractivity contribution in [2.75, 3.05) is 0 Å². The van der Waals surface area contributed by atoms with Crippen LogP contribution in [0.25, 0.3) is 60.4 Å². The second-order valence-electron chi connectivity index (χ2n) is 17.2. The Labute approximate surface area is 352 Å². The molecule has 12 rings (SSSR count). The molecule has 0 radical (unpaired) electrons. The van der Waals surface area contributed by atoms with Crippen molar-refractivity contribution < 1.29 is 0 Å². The maximum Gasteiger partial charge on any atom is 0.179 e. The molecule has 2 aromatic heterocycles. The molecule has 1 atom stereocenters. The fourth-order valence-electron chi connectivity index (χ4n) is 11.2. The summed E-state index contributed by atoms with van der Waals surface area (Å²) in [6.45, 7) is 4.81. The number of fused-ring (bicyclic) bond motifs is 10. The molecule has 0 amide bonds. The van der Waals surface area contributed by atoms with E-state index < -0.39 is 8.07 Å². The first-order valence-electron chi connectivity index (χ1n) is 21.3. The summed E-state index contributed by atoms with van der Waals surface area (Å²) in [5, 5.41) is 10.7. The highest BCUT2D eigenvalue weighted by Gasteiger charge is 2.43. The van der Waals surface area contributed by atoms with Gasteiger partial charge in [0.15, 0.2) is 8.07 Å². The Balaban J connectivity index is 1.15. The lowest BCUT2D eigenvalue weighted by Crippen LogP contribution is -2.74. The molecule has 0 fully saturated rings. The normalized spacial score (nSPS) is 15.6. The minimum Gasteiger partial charge on any atom is -0.333 e. The van der Waals surface area contributed by atoms with Crippen molar-refractivity contribution in [3.8, 4) is 16.8 Å². The van der Waals surface area contributed by atoms with Crippen molar-refractivity contribution in [3.05, 3.63) is 223 Å². The van der Waals surface area contributed by atoms with Crippen LogP contribution in [0.3, 0.4) is 0 Å². The average Bonchev–Trinajstić information content (AvgIpc) is 3.90. The third-order valence-electron chi connectivity index (χ3n) is 13.7. The molecule has 60 heavy (non-hydrogen) atoms. The van der Waals surface area contributed by atoms with Crippen LogP contribution >= 0.6 is 0 Å². The van der Waals surface area contributed by atoms with E-state index in [4.69, 9.17) is 0 Å². The molecule has 0 N–H and O–H groups in total. The van der Waals surface area contributed by atoms with Gasteiger partial charge in [0.1, 0.15) is 0 Å². The molecular formula is C57H44N2Si. The second-order valence-corrected chi connectivity index (χ2v) is 21.0. The van der Waals surface area contributed by atoms with Crippen LogP contribution in [-0.2, 0) is 5.41 Å². The van der Waals surface area contributed by atoms with Gasteiger partial charge in [0.25, 0.3) is 0 Å². The lowest BCUT2D eigenvalue weighted by atomic mass is 9.80. The van der Waals surface area contributed by atoms with Gasteiger partial charge in [-0.15, -0.1) is 0 Å². The minimum absolute atomic E-state index is 0.129. The van der Waals surface area contributed by atoms with E-state index >= 15 is 0 Å². The Hall–Kier alpha value is -6.94. The van der Waals surface area contributed by atoms with Gasteiger partial charge in [-0.05, 0) is 85.8 Å². The van der Waals surface area contributed by atoms with Crippen molar-refractivity contribution in [1.29, 1.82) is 0 Å². The van der Waals surface area contributed by atoms with E-state index in [-0.39, 0.29) is 11.5 Å². The zero-order valence-electron chi connectivity index (χ0n) is 33.9. The summed E-state index contributed by atoms with van der Waals surface area (Å²) < 4.78 is 5.13. The number of nitrogens with zero attached hydrogens (tertiary/aromatic N) is 2. The molecule has 2 aliphatic carbocycles. The highest BCUT2D eigenvalue weighted by atomic mass is 28.3. The molecule has 0 saturated heterocycles. The quantitative estimate of drug-likeness (QED) is 0.117. The zero-order valence-corrected chi connectivity index (χ0v) is 34.9. The van der Waals surface area contributed by atoms with Crippen LogP contribution < -0.4 is 20.7 Å². The van der Waals surface area contributed by atoms with Crippen molar-refractivity contribution in [1.82, 2.24) is 9.13 Å². The van der Waals surface area contributed by atoms with Gasteiger partial charge in [-0.1, -0.05) is 190 Å². The average molecular weight is 785 g/mol. The van der Waals surface area contributed by atoms with Crippen molar-refractivity contribution in [3.63, 3.8) is 0 Å². The number of hydrogen-bond donors (Lipinski definition) is 0. The Morgan fingerprint density at radius 3 is 1.90 bits per heavy atom. The van der Waals surface area contributed by atoms with Crippen molar-refractivity contribution in [2.45, 2.75) is 31.7 Å². The van der Waals surface area contributed by atoms with E-state index in [1.165, 1.54) is 92.3 Å². The molecule has 2 aliphatic rings. The van der Waals surface area contributed by atoms with Crippen LogP contribution in [-0.4, -0.2) is 17.2 Å². The van der Waals surface area contributed by atoms with Gasteiger partial charge in [-0.25, -0.2) is 0 Å². The monoisotopic (exact) mass is 784 g/mol. The minimum atomic E-state index is -2.96. The third kappa shape index (κ3) is 4.87. The third-order valence-corrected chi connectivity index (χ3v) is 18.5. The summed E-state index contributed by atoms with van der Waals surface area (Å²) in [5.41, 5.74) is 11.7. The van der Waals surface area contributed by atoms with Gasteiger partial charge in [-0.2, -0.15) is 0 Å². The molecule has 0 aliphatic heterocycles. The van der Waals surface area contributed by atoms with Crippen LogP contribution in [0.2, 0.25) is 0 Å². The molecule has 10 aromatic rings. The van der Waals surface area contributed by atoms with E-state index in [2.05, 4.69) is 235 Å². The van der Waals surface area contributed by atoms with E-state index in [0.29, 0.717) is 0 Å². The summed E-state index contributed by atoms with van der Waals surface area (Å²) in [7, 11) is -2.96. The lowest BCUT2D eigenvalue weighted by Gasteiger charge is -2.35. The smallest absolute Gasteiger partial charge is 0.179 e. The number of para-hydroxylation sites is 2. The van der Waals surface area contributed by atoms with E-state index in [0.717, 1.165) is 6.42 Å². The summed E-state index contributed by atoms with van der Waals surface area (Å²) >= 11 is 0. The van der Waals surface area contributed by atoms with Crippen molar-refractivity contribution in [2.24, 2.45) is 0 Å². The van der Waals surface area contributed by atoms with Crippen LogP contribution in [0, 0.1) is 0 Å². The molecule has 3 heteroatoms. The highest BCUT2D eigenvalue weighted by molar-refractivity contribution is 7.20. The van der Waals surface area contributed by atoms with Crippen LogP contribution in [0.1, 0.15) is 37.4 Å². The SMILES string of the molecule is CC1(C)c2ccccc2-c2ccc3c(c21)c1ccccc1n3-c1cccc([Si](c2ccccc2)(c2ccccc2)c2ccc3c4ccccc4n(C4C=CC=CC4)c3c2)c1. The molecular weight excluding hydrogens is 741 g/mol. The number of allylic oxidation sites excluding steroid dienone is 4. The summed E-state index contributed by atoms with van der Waals surface area (Å²) in [5.74, 6) is 0. The fourth-order valence-corrected chi connectivity index (χ4v) is 16.0. The van der Waals surface area contributed by atoms with Gasteiger partial charge in [0.2, 0.25) is 0 Å². The Kier molecular flexibility index (Phi) is 7.76. The number of aromatic nitrogens is 2. The highest BCUT2D eigenvalue weighted by Crippen LogP contribution is 2.53. The van der Waals surface area contributed by atoms with Gasteiger partial charge in [-0.3, -0.25) is 0 Å². The van der Waals surface area contributed by atoms with Gasteiger partial charge in [0, 0.05) is 43.7 Å². The van der Waals surface area contributed by atoms with E-state index in [9.17, 15) is 0 Å². The van der Waals surface area contributed by atoms with Gasteiger partial charge >= 0.3 is 0 Å². The van der Waals surface area contributed by atoms with E-state index in [1.54, 1.807) is 0 Å². The Bertz CT molecular complexity index is 3340. The molecule has 0 bridgehead atoms. The summed E-state index contributed by atoms with van der Waals surface area (Å²) in [4.78, 5) is 0. The number of rotatable bonds is 6. The molecule has 8 aromatic carbocycles. The largest absolute Gasteiger partial charge is 0.333 e. The van der Waals surface area contributed by atoms with Gasteiger partial charge < -0.3 is 9.13 Å². The van der Waals surface area contributed by atoms with E-state index in [1.807, 2.05) is 0 Å². The first kappa shape index (κ1) is 35.0. The van der Waals surface area contributed by atoms with Crippen LogP contribution in [0.4, 0.5) is 0 Å². The fraction of sp³-hybridized carbons (Fsp3) is 0.0877. The number of benzene rings is 8. The molecule has 2 nitrogen and oxygen atoms in total. The number of hydrogen-bond acceptors (Lipinski definition) is 0. The first-order valence-corrected chi connectivity index (χ1v) is 23.3. The first-order chi connectivity index (χ1) is 29.5. The zero-order chi connectivity index (χ0) is 40.0. The Morgan fingerprint density at radius 2 is 1.13 bits per heavy atom. The lowest BCUT2D eigenvalue weighted by molar-refractivity contribution is 0.648. The summed E-state index contributed by atoms with van der Waals surface area (Å²) in [6, 6.07) is 71.7. The second kappa shape index (κ2) is 13.3. The van der Waals surface area contributed by atoms with Crippen LogP contribution in [0.5, 0.6) is 0 Å². The Morgan fingerprint density at radius 1 is 0.483 bits per heavy atom. The molecule has 1 unspecified atom stereocenters. The van der Waals surface area contributed by atoms with Crippen molar-refractivity contribution >= 4 is 72.4 Å².